The number of rotatable bonds is 2. The third kappa shape index (κ3) is 2.11. The van der Waals surface area contributed by atoms with E-state index in [9.17, 15) is 0 Å². The number of hydrogen-bond acceptors (Lipinski definition) is 3. The summed E-state index contributed by atoms with van der Waals surface area (Å²) in [5.41, 5.74) is 0. The number of aliphatic hydroxyl groups excluding tert-OH is 1. The summed E-state index contributed by atoms with van der Waals surface area (Å²) in [5.74, 6) is 0. The van der Waals surface area contributed by atoms with Gasteiger partial charge in [0.25, 0.3) is 0 Å². The molecule has 0 saturated heterocycles. The molecular formula is C6H12N2O. The van der Waals surface area contributed by atoms with Gasteiger partial charge in [0.05, 0.1) is 13.2 Å². The fourth-order valence-corrected chi connectivity index (χ4v) is 0.899. The molecule has 0 amide bonds. The molecular weight excluding hydrogens is 116 g/mol. The number of aliphatic imine (C=N–C) groups is 1. The Hall–Kier alpha value is -0.410. The maximum Gasteiger partial charge on any atom is 0.0558 e. The van der Waals surface area contributed by atoms with E-state index in [1.807, 2.05) is 6.21 Å². The van der Waals surface area contributed by atoms with E-state index in [1.54, 1.807) is 0 Å². The van der Waals surface area contributed by atoms with Gasteiger partial charge in [-0.15, -0.1) is 0 Å². The van der Waals surface area contributed by atoms with Gasteiger partial charge in [-0.2, -0.15) is 0 Å². The van der Waals surface area contributed by atoms with Gasteiger partial charge in [0.1, 0.15) is 0 Å². The van der Waals surface area contributed by atoms with Gasteiger partial charge in [-0.1, -0.05) is 0 Å². The number of aliphatic hydroxyl groups is 1. The first-order valence-electron chi connectivity index (χ1n) is 3.25. The fraction of sp³-hybridized carbons (Fsp3) is 0.833. The van der Waals surface area contributed by atoms with Gasteiger partial charge < -0.3 is 5.11 Å². The van der Waals surface area contributed by atoms with Gasteiger partial charge in [0, 0.05) is 25.8 Å². The topological polar surface area (TPSA) is 35.8 Å². The Bertz CT molecular complexity index is 103. The molecule has 9 heavy (non-hydrogen) atoms. The molecule has 1 aliphatic heterocycles. The highest BCUT2D eigenvalue weighted by molar-refractivity contribution is 5.60. The highest BCUT2D eigenvalue weighted by Crippen LogP contribution is 1.90. The Morgan fingerprint density at radius 1 is 1.67 bits per heavy atom. The zero-order chi connectivity index (χ0) is 6.53. The Balaban J connectivity index is 2.18. The molecule has 52 valence electrons. The molecule has 0 radical (unpaired) electrons. The minimum absolute atomic E-state index is 0.258. The van der Waals surface area contributed by atoms with Crippen LogP contribution in [0.2, 0.25) is 0 Å². The average molecular weight is 128 g/mol. The van der Waals surface area contributed by atoms with Gasteiger partial charge in [0.2, 0.25) is 0 Å². The van der Waals surface area contributed by atoms with Gasteiger partial charge in [-0.05, 0) is 0 Å². The SMILES string of the molecule is OCCN1CC=NCC1. The summed E-state index contributed by atoms with van der Waals surface area (Å²) in [5, 5.41) is 8.53. The summed E-state index contributed by atoms with van der Waals surface area (Å²) in [6, 6.07) is 0. The zero-order valence-corrected chi connectivity index (χ0v) is 5.45. The smallest absolute Gasteiger partial charge is 0.0558 e. The molecule has 0 aromatic carbocycles. The fourth-order valence-electron chi connectivity index (χ4n) is 0.899. The quantitative estimate of drug-likeness (QED) is 0.537. The summed E-state index contributed by atoms with van der Waals surface area (Å²) in [6.07, 6.45) is 1.90. The zero-order valence-electron chi connectivity index (χ0n) is 5.45. The van der Waals surface area contributed by atoms with Crippen LogP contribution >= 0.6 is 0 Å². The first kappa shape index (κ1) is 6.71. The molecule has 0 saturated carbocycles. The Morgan fingerprint density at radius 2 is 2.56 bits per heavy atom. The minimum atomic E-state index is 0.258. The average Bonchev–Trinajstić information content (AvgIpc) is 1.91. The second-order valence-electron chi connectivity index (χ2n) is 2.11. The molecule has 3 heteroatoms. The summed E-state index contributed by atoms with van der Waals surface area (Å²) >= 11 is 0. The van der Waals surface area contributed by atoms with Gasteiger partial charge >= 0.3 is 0 Å². The van der Waals surface area contributed by atoms with E-state index in [1.165, 1.54) is 0 Å². The van der Waals surface area contributed by atoms with Crippen LogP contribution in [0.15, 0.2) is 4.99 Å². The van der Waals surface area contributed by atoms with Crippen molar-refractivity contribution in [3.05, 3.63) is 0 Å². The molecule has 1 N–H and O–H groups in total. The Labute approximate surface area is 55.0 Å². The molecule has 0 aromatic heterocycles. The lowest BCUT2D eigenvalue weighted by Gasteiger charge is -2.20. The minimum Gasteiger partial charge on any atom is -0.395 e. The first-order valence-corrected chi connectivity index (χ1v) is 3.25. The first-order chi connectivity index (χ1) is 4.43. The van der Waals surface area contributed by atoms with Crippen molar-refractivity contribution in [1.29, 1.82) is 0 Å². The van der Waals surface area contributed by atoms with E-state index in [0.29, 0.717) is 0 Å². The van der Waals surface area contributed by atoms with Crippen molar-refractivity contribution >= 4 is 6.21 Å². The van der Waals surface area contributed by atoms with Crippen molar-refractivity contribution in [1.82, 2.24) is 4.90 Å². The summed E-state index contributed by atoms with van der Waals surface area (Å²) < 4.78 is 0. The van der Waals surface area contributed by atoms with Crippen molar-refractivity contribution in [3.8, 4) is 0 Å². The maximum atomic E-state index is 8.53. The van der Waals surface area contributed by atoms with E-state index in [0.717, 1.165) is 26.2 Å². The van der Waals surface area contributed by atoms with E-state index in [2.05, 4.69) is 9.89 Å². The maximum absolute atomic E-state index is 8.53. The molecule has 0 fully saturated rings. The van der Waals surface area contributed by atoms with Crippen LogP contribution in [0.1, 0.15) is 0 Å². The lowest BCUT2D eigenvalue weighted by molar-refractivity contribution is 0.213. The molecule has 0 spiro atoms. The van der Waals surface area contributed by atoms with Gasteiger partial charge in [0.15, 0.2) is 0 Å². The van der Waals surface area contributed by atoms with Gasteiger partial charge in [-0.25, -0.2) is 0 Å². The van der Waals surface area contributed by atoms with E-state index >= 15 is 0 Å². The molecule has 1 rings (SSSR count). The Kier molecular flexibility index (Phi) is 2.67. The summed E-state index contributed by atoms with van der Waals surface area (Å²) in [6.45, 7) is 3.83. The lowest BCUT2D eigenvalue weighted by atomic mass is 10.4. The second-order valence-corrected chi connectivity index (χ2v) is 2.11. The number of nitrogens with zero attached hydrogens (tertiary/aromatic N) is 2. The molecule has 0 bridgehead atoms. The largest absolute Gasteiger partial charge is 0.395 e. The molecule has 0 unspecified atom stereocenters. The van der Waals surface area contributed by atoms with E-state index < -0.39 is 0 Å². The third-order valence-electron chi connectivity index (χ3n) is 1.43. The molecule has 0 atom stereocenters. The van der Waals surface area contributed by atoms with Crippen molar-refractivity contribution < 1.29 is 5.11 Å². The van der Waals surface area contributed by atoms with E-state index in [-0.39, 0.29) is 6.61 Å². The Morgan fingerprint density at radius 3 is 3.11 bits per heavy atom. The summed E-state index contributed by atoms with van der Waals surface area (Å²) in [4.78, 5) is 6.23. The molecule has 0 aromatic rings. The highest BCUT2D eigenvalue weighted by atomic mass is 16.3. The normalized spacial score (nSPS) is 20.6. The second kappa shape index (κ2) is 3.58. The predicted molar refractivity (Wildman–Crippen MR) is 36.9 cm³/mol. The molecule has 0 aliphatic carbocycles. The monoisotopic (exact) mass is 128 g/mol. The van der Waals surface area contributed by atoms with Crippen LogP contribution in [0, 0.1) is 0 Å². The van der Waals surface area contributed by atoms with Crippen LogP contribution in [0.25, 0.3) is 0 Å². The van der Waals surface area contributed by atoms with Crippen molar-refractivity contribution in [3.63, 3.8) is 0 Å². The van der Waals surface area contributed by atoms with Crippen molar-refractivity contribution in [2.75, 3.05) is 32.8 Å². The standard InChI is InChI=1S/C6H12N2O/c9-6-5-8-3-1-7-2-4-8/h1,9H,2-6H2. The predicted octanol–water partition coefficient (Wildman–Crippen LogP) is -0.635. The summed E-state index contributed by atoms with van der Waals surface area (Å²) in [7, 11) is 0. The van der Waals surface area contributed by atoms with Gasteiger partial charge in [-0.3, -0.25) is 9.89 Å². The van der Waals surface area contributed by atoms with Crippen LogP contribution in [0.3, 0.4) is 0 Å². The number of β-amino-alcohol motifs (C(OH)–C–C–N with tert-alkyl or cyclic N) is 1. The van der Waals surface area contributed by atoms with Crippen molar-refractivity contribution in [2.24, 2.45) is 4.99 Å². The lowest BCUT2D eigenvalue weighted by Crippen LogP contribution is -2.33. The highest BCUT2D eigenvalue weighted by Gasteiger charge is 2.03. The third-order valence-corrected chi connectivity index (χ3v) is 1.43. The van der Waals surface area contributed by atoms with Crippen LogP contribution in [-0.2, 0) is 0 Å². The van der Waals surface area contributed by atoms with Crippen LogP contribution < -0.4 is 0 Å². The van der Waals surface area contributed by atoms with Crippen LogP contribution in [0.5, 0.6) is 0 Å². The molecule has 1 heterocycles. The number of hydrogen-bond donors (Lipinski definition) is 1. The van der Waals surface area contributed by atoms with Crippen molar-refractivity contribution in [2.45, 2.75) is 0 Å². The van der Waals surface area contributed by atoms with E-state index in [4.69, 9.17) is 5.11 Å². The molecule has 3 nitrogen and oxygen atoms in total. The molecule has 1 aliphatic rings. The van der Waals surface area contributed by atoms with Crippen LogP contribution in [-0.4, -0.2) is 49.0 Å². The van der Waals surface area contributed by atoms with Crippen LogP contribution in [0.4, 0.5) is 0 Å².